The Labute approximate surface area is 199 Å². The molecule has 0 bridgehead atoms. The van der Waals surface area contributed by atoms with Crippen molar-refractivity contribution in [1.82, 2.24) is 19.5 Å². The minimum absolute atomic E-state index is 0. The first-order valence-electron chi connectivity index (χ1n) is 10.9. The molecule has 2 fully saturated rings. The van der Waals surface area contributed by atoms with E-state index in [1.165, 1.54) is 25.0 Å². The molecule has 0 radical (unpaired) electrons. The van der Waals surface area contributed by atoms with E-state index in [0.717, 1.165) is 44.2 Å². The molecule has 0 spiro atoms. The molecule has 3 aromatic rings. The molecule has 32 heavy (non-hydrogen) atoms. The molecule has 2 aliphatic rings. The Kier molecular flexibility index (Phi) is 8.14. The van der Waals surface area contributed by atoms with Crippen molar-refractivity contribution in [3.63, 3.8) is 0 Å². The number of benzene rings is 1. The predicted octanol–water partition coefficient (Wildman–Crippen LogP) is 5.35. The summed E-state index contributed by atoms with van der Waals surface area (Å²) >= 11 is 0. The molecule has 0 atom stereocenters. The fraction of sp³-hybridized carbons (Fsp3) is 0.500. The molecule has 1 aromatic carbocycles. The maximum absolute atomic E-state index is 13.7. The molecule has 2 heterocycles. The summed E-state index contributed by atoms with van der Waals surface area (Å²) in [7, 11) is 0. The summed E-state index contributed by atoms with van der Waals surface area (Å²) in [6, 6.07) is 7.41. The molecule has 0 amide bonds. The number of nitrogens with two attached hydrogens (primary N) is 1. The molecule has 174 valence electrons. The van der Waals surface area contributed by atoms with Crippen molar-refractivity contribution in [2.75, 3.05) is 10.6 Å². The number of hydrogen-bond donors (Lipinski definition) is 3. The molecule has 7 nitrogen and oxygen atoms in total. The first-order valence-corrected chi connectivity index (χ1v) is 10.9. The smallest absolute Gasteiger partial charge is 0.227 e. The number of nitrogens with one attached hydrogen (secondary N) is 2. The van der Waals surface area contributed by atoms with Gasteiger partial charge in [-0.25, -0.2) is 9.37 Å². The Morgan fingerprint density at radius 2 is 1.75 bits per heavy atom. The lowest BCUT2D eigenvalue weighted by molar-refractivity contribution is 0.410. The summed E-state index contributed by atoms with van der Waals surface area (Å²) in [5.41, 5.74) is 8.23. The van der Waals surface area contributed by atoms with Crippen molar-refractivity contribution in [1.29, 1.82) is 0 Å². The summed E-state index contributed by atoms with van der Waals surface area (Å²) in [6.45, 7) is 0. The van der Waals surface area contributed by atoms with Gasteiger partial charge in [0.25, 0.3) is 0 Å². The highest BCUT2D eigenvalue weighted by molar-refractivity contribution is 5.86. The van der Waals surface area contributed by atoms with Crippen molar-refractivity contribution in [2.45, 2.75) is 69.5 Å². The topological polar surface area (TPSA) is 93.7 Å². The van der Waals surface area contributed by atoms with Crippen molar-refractivity contribution in [3.05, 3.63) is 36.4 Å². The van der Waals surface area contributed by atoms with Gasteiger partial charge in [-0.2, -0.15) is 9.97 Å². The third-order valence-electron chi connectivity index (χ3n) is 6.33. The van der Waals surface area contributed by atoms with Crippen LogP contribution in [0.4, 0.5) is 21.8 Å². The molecule has 0 aliphatic heterocycles. The molecule has 2 aliphatic carbocycles. The van der Waals surface area contributed by atoms with Gasteiger partial charge in [0.05, 0.1) is 6.33 Å². The normalized spacial score (nSPS) is 21.1. The molecule has 10 heteroatoms. The van der Waals surface area contributed by atoms with E-state index in [4.69, 9.17) is 15.7 Å². The monoisotopic (exact) mass is 481 g/mol. The van der Waals surface area contributed by atoms with E-state index < -0.39 is 0 Å². The molecule has 0 saturated heterocycles. The highest BCUT2D eigenvalue weighted by Crippen LogP contribution is 2.34. The van der Waals surface area contributed by atoms with Gasteiger partial charge in [0, 0.05) is 23.8 Å². The third-order valence-corrected chi connectivity index (χ3v) is 6.33. The first-order chi connectivity index (χ1) is 14.7. The van der Waals surface area contributed by atoms with Gasteiger partial charge in [0.15, 0.2) is 17.0 Å². The number of rotatable bonds is 5. The summed E-state index contributed by atoms with van der Waals surface area (Å²) in [4.78, 5) is 14.2. The zero-order valence-corrected chi connectivity index (χ0v) is 19.5. The third kappa shape index (κ3) is 5.24. The van der Waals surface area contributed by atoms with Gasteiger partial charge in [0.1, 0.15) is 5.82 Å². The Bertz CT molecular complexity index is 1030. The Hall–Kier alpha value is -2.16. The van der Waals surface area contributed by atoms with Crippen LogP contribution in [0, 0.1) is 5.82 Å². The van der Waals surface area contributed by atoms with Crippen LogP contribution in [-0.4, -0.2) is 31.6 Å². The van der Waals surface area contributed by atoms with Crippen LogP contribution in [0.3, 0.4) is 0 Å². The summed E-state index contributed by atoms with van der Waals surface area (Å²) in [5, 5.41) is 6.76. The largest absolute Gasteiger partial charge is 0.351 e. The molecule has 4 N–H and O–H groups in total. The van der Waals surface area contributed by atoms with E-state index >= 15 is 0 Å². The SMILES string of the molecule is Cl.Cl.NC1CCC(Nc2nc(Nc3cccc(F)c3)c3ncn(C4CCCC4)c3n2)CC1. The second-order valence-electron chi connectivity index (χ2n) is 8.55. The molecule has 5 rings (SSSR count). The van der Waals surface area contributed by atoms with Crippen molar-refractivity contribution < 1.29 is 4.39 Å². The Morgan fingerprint density at radius 1 is 1.00 bits per heavy atom. The van der Waals surface area contributed by atoms with Crippen LogP contribution in [0.5, 0.6) is 0 Å². The van der Waals surface area contributed by atoms with Crippen LogP contribution in [-0.2, 0) is 0 Å². The van der Waals surface area contributed by atoms with Crippen LogP contribution in [0.1, 0.15) is 57.4 Å². The van der Waals surface area contributed by atoms with Gasteiger partial charge in [-0.3, -0.25) is 0 Å². The summed E-state index contributed by atoms with van der Waals surface area (Å²) in [5.74, 6) is 0.887. The van der Waals surface area contributed by atoms with Crippen molar-refractivity contribution in [2.24, 2.45) is 5.73 Å². The zero-order valence-electron chi connectivity index (χ0n) is 17.8. The summed E-state index contributed by atoms with van der Waals surface area (Å²) < 4.78 is 15.9. The highest BCUT2D eigenvalue weighted by atomic mass is 35.5. The van der Waals surface area contributed by atoms with Gasteiger partial charge >= 0.3 is 0 Å². The minimum Gasteiger partial charge on any atom is -0.351 e. The number of fused-ring (bicyclic) bond motifs is 1. The van der Waals surface area contributed by atoms with Gasteiger partial charge in [-0.05, 0) is 56.7 Å². The van der Waals surface area contributed by atoms with Gasteiger partial charge in [0.2, 0.25) is 5.95 Å². The van der Waals surface area contributed by atoms with Gasteiger partial charge in [-0.15, -0.1) is 24.8 Å². The number of anilines is 3. The van der Waals surface area contributed by atoms with Crippen LogP contribution in [0.25, 0.3) is 11.2 Å². The number of nitrogens with zero attached hydrogens (tertiary/aromatic N) is 4. The number of halogens is 3. The van der Waals surface area contributed by atoms with Crippen LogP contribution in [0.2, 0.25) is 0 Å². The predicted molar refractivity (Wildman–Crippen MR) is 131 cm³/mol. The van der Waals surface area contributed by atoms with Crippen molar-refractivity contribution >= 4 is 53.4 Å². The number of hydrogen-bond acceptors (Lipinski definition) is 6. The minimum atomic E-state index is -0.293. The zero-order chi connectivity index (χ0) is 20.5. The maximum Gasteiger partial charge on any atom is 0.227 e. The maximum atomic E-state index is 13.7. The van der Waals surface area contributed by atoms with Crippen LogP contribution < -0.4 is 16.4 Å². The van der Waals surface area contributed by atoms with E-state index in [1.54, 1.807) is 6.07 Å². The highest BCUT2D eigenvalue weighted by Gasteiger charge is 2.24. The quantitative estimate of drug-likeness (QED) is 0.454. The Morgan fingerprint density at radius 3 is 2.47 bits per heavy atom. The van der Waals surface area contributed by atoms with Gasteiger partial charge < -0.3 is 20.9 Å². The van der Waals surface area contributed by atoms with Crippen LogP contribution in [0.15, 0.2) is 30.6 Å². The molecular weight excluding hydrogens is 452 g/mol. The molecule has 2 saturated carbocycles. The standard InChI is InChI=1S/C22H28FN7.2ClH/c23-14-4-3-5-17(12-14)26-20-19-21(30(13-25-19)18-6-1-2-7-18)29-22(28-20)27-16-10-8-15(24)9-11-16;;/h3-5,12-13,15-16,18H,1-2,6-11,24H2,(H2,26,27,28,29);2*1H. The van der Waals surface area contributed by atoms with E-state index in [-0.39, 0.29) is 30.6 Å². The summed E-state index contributed by atoms with van der Waals surface area (Å²) in [6.07, 6.45) is 10.7. The lowest BCUT2D eigenvalue weighted by atomic mass is 9.92. The van der Waals surface area contributed by atoms with Crippen LogP contribution >= 0.6 is 24.8 Å². The fourth-order valence-corrected chi connectivity index (χ4v) is 4.67. The van der Waals surface area contributed by atoms with Gasteiger partial charge in [-0.1, -0.05) is 18.9 Å². The lowest BCUT2D eigenvalue weighted by Gasteiger charge is -2.27. The fourth-order valence-electron chi connectivity index (χ4n) is 4.67. The van der Waals surface area contributed by atoms with E-state index in [1.807, 2.05) is 12.4 Å². The first kappa shape index (κ1) is 24.5. The second kappa shape index (κ2) is 10.6. The van der Waals surface area contributed by atoms with Crippen molar-refractivity contribution in [3.8, 4) is 0 Å². The number of imidazole rings is 1. The molecular formula is C22H30Cl2FN7. The lowest BCUT2D eigenvalue weighted by Crippen LogP contribution is -2.33. The Balaban J connectivity index is 0.00000144. The van der Waals surface area contributed by atoms with E-state index in [0.29, 0.717) is 41.1 Å². The molecule has 2 aromatic heterocycles. The van der Waals surface area contributed by atoms with E-state index in [2.05, 4.69) is 20.2 Å². The number of aromatic nitrogens is 4. The average Bonchev–Trinajstić information content (AvgIpc) is 3.39. The molecule has 0 unspecified atom stereocenters. The second-order valence-corrected chi connectivity index (χ2v) is 8.55. The van der Waals surface area contributed by atoms with E-state index in [9.17, 15) is 4.39 Å². The average molecular weight is 482 g/mol.